The van der Waals surface area contributed by atoms with Crippen LogP contribution < -0.4 is 0 Å². The Morgan fingerprint density at radius 1 is 1.15 bits per heavy atom. The molecular weight excluding hydrogens is 380 g/mol. The Balaban J connectivity index is 1.79. The minimum absolute atomic E-state index is 0.124. The van der Waals surface area contributed by atoms with Crippen LogP contribution >= 0.6 is 23.4 Å². The van der Waals surface area contributed by atoms with Gasteiger partial charge in [0.2, 0.25) is 5.91 Å². The van der Waals surface area contributed by atoms with Crippen molar-refractivity contribution in [3.8, 4) is 17.1 Å². The third kappa shape index (κ3) is 3.59. The largest absolute Gasteiger partial charge is 0.345 e. The van der Waals surface area contributed by atoms with Gasteiger partial charge >= 0.3 is 0 Å². The zero-order valence-electron chi connectivity index (χ0n) is 15.1. The molecule has 5 nitrogen and oxygen atoms in total. The lowest BCUT2D eigenvalue weighted by Gasteiger charge is -2.13. The lowest BCUT2D eigenvalue weighted by Crippen LogP contribution is -2.24. The van der Waals surface area contributed by atoms with Gasteiger partial charge in [-0.2, -0.15) is 0 Å². The second-order valence-electron chi connectivity index (χ2n) is 6.64. The highest BCUT2D eigenvalue weighted by molar-refractivity contribution is 8.00. The Morgan fingerprint density at radius 2 is 1.93 bits per heavy atom. The lowest BCUT2D eigenvalue weighted by molar-refractivity contribution is -0.126. The van der Waals surface area contributed by atoms with Crippen molar-refractivity contribution in [1.82, 2.24) is 19.7 Å². The van der Waals surface area contributed by atoms with Gasteiger partial charge < -0.3 is 4.90 Å². The number of likely N-dealkylation sites (tertiary alicyclic amines) is 1. The fourth-order valence-electron chi connectivity index (χ4n) is 3.16. The molecule has 0 radical (unpaired) electrons. The van der Waals surface area contributed by atoms with Crippen molar-refractivity contribution in [1.29, 1.82) is 0 Å². The van der Waals surface area contributed by atoms with E-state index >= 15 is 0 Å². The van der Waals surface area contributed by atoms with E-state index in [-0.39, 0.29) is 11.2 Å². The number of thioether (sulfide) groups is 1. The molecule has 0 aliphatic carbocycles. The maximum Gasteiger partial charge on any atom is 0.235 e. The molecular formula is C20H19ClN4OS. The zero-order chi connectivity index (χ0) is 19.0. The van der Waals surface area contributed by atoms with Crippen LogP contribution in [-0.2, 0) is 4.79 Å². The van der Waals surface area contributed by atoms with Crippen molar-refractivity contribution >= 4 is 29.3 Å². The van der Waals surface area contributed by atoms with Crippen LogP contribution in [0, 0.1) is 6.92 Å². The maximum atomic E-state index is 12.4. The molecule has 1 fully saturated rings. The van der Waals surface area contributed by atoms with Crippen LogP contribution in [0.3, 0.4) is 0 Å². The van der Waals surface area contributed by atoms with Gasteiger partial charge in [0.25, 0.3) is 0 Å². The molecule has 4 rings (SSSR count). The number of hydrogen-bond donors (Lipinski definition) is 0. The number of hydrogen-bond acceptors (Lipinski definition) is 4. The molecule has 1 saturated heterocycles. The Morgan fingerprint density at radius 3 is 2.59 bits per heavy atom. The molecule has 27 heavy (non-hydrogen) atoms. The molecule has 0 N–H and O–H groups in total. The summed E-state index contributed by atoms with van der Waals surface area (Å²) < 4.78 is 2.02. The molecule has 0 saturated carbocycles. The van der Waals surface area contributed by atoms with E-state index in [0.717, 1.165) is 40.8 Å². The molecule has 1 aliphatic heterocycles. The van der Waals surface area contributed by atoms with Crippen LogP contribution in [-0.4, -0.2) is 44.4 Å². The molecule has 0 bridgehead atoms. The zero-order valence-corrected chi connectivity index (χ0v) is 16.7. The van der Waals surface area contributed by atoms with E-state index in [1.54, 1.807) is 4.90 Å². The predicted octanol–water partition coefficient (Wildman–Crippen LogP) is 4.22. The van der Waals surface area contributed by atoms with Crippen molar-refractivity contribution in [2.75, 3.05) is 13.6 Å². The van der Waals surface area contributed by atoms with Gasteiger partial charge in [0, 0.05) is 29.9 Å². The lowest BCUT2D eigenvalue weighted by atomic mass is 10.2. The molecule has 7 heteroatoms. The van der Waals surface area contributed by atoms with Gasteiger partial charge in [-0.1, -0.05) is 35.5 Å². The summed E-state index contributed by atoms with van der Waals surface area (Å²) in [5.41, 5.74) is 3.05. The first kappa shape index (κ1) is 18.1. The summed E-state index contributed by atoms with van der Waals surface area (Å²) >= 11 is 7.52. The third-order valence-electron chi connectivity index (χ3n) is 4.62. The minimum Gasteiger partial charge on any atom is -0.345 e. The summed E-state index contributed by atoms with van der Waals surface area (Å²) in [7, 11) is 1.84. The number of carbonyl (C=O) groups excluding carboxylic acids is 1. The first-order valence-electron chi connectivity index (χ1n) is 8.73. The normalized spacial score (nSPS) is 16.9. The Labute approximate surface area is 167 Å². The molecule has 0 spiro atoms. The Kier molecular flexibility index (Phi) is 4.93. The summed E-state index contributed by atoms with van der Waals surface area (Å²) in [6.07, 6.45) is 0.816. The second-order valence-corrected chi connectivity index (χ2v) is 8.25. The molecule has 1 unspecified atom stereocenters. The molecule has 138 valence electrons. The van der Waals surface area contributed by atoms with E-state index in [9.17, 15) is 4.79 Å². The van der Waals surface area contributed by atoms with Gasteiger partial charge in [-0.3, -0.25) is 9.36 Å². The standard InChI is InChI=1S/C20H19ClN4OS/c1-13-4-3-5-16(12-13)25-18(14-6-8-15(21)9-7-14)22-23-20(25)27-17-10-11-24(2)19(17)26/h3-9,12,17H,10-11H2,1-2H3. The number of aryl methyl sites for hydroxylation is 1. The van der Waals surface area contributed by atoms with Crippen LogP contribution in [0.15, 0.2) is 53.7 Å². The van der Waals surface area contributed by atoms with Crippen LogP contribution in [0.4, 0.5) is 0 Å². The number of nitrogens with zero attached hydrogens (tertiary/aromatic N) is 4. The first-order valence-corrected chi connectivity index (χ1v) is 9.99. The average molecular weight is 399 g/mol. The fraction of sp³-hybridized carbons (Fsp3) is 0.250. The summed E-state index contributed by atoms with van der Waals surface area (Å²) in [5, 5.41) is 10.1. The highest BCUT2D eigenvalue weighted by atomic mass is 35.5. The second kappa shape index (κ2) is 7.37. The summed E-state index contributed by atoms with van der Waals surface area (Å²) in [6.45, 7) is 2.83. The molecule has 1 aliphatic rings. The van der Waals surface area contributed by atoms with E-state index in [0.29, 0.717) is 5.02 Å². The molecule has 1 aromatic heterocycles. The van der Waals surface area contributed by atoms with Gasteiger partial charge in [-0.05, 0) is 55.3 Å². The van der Waals surface area contributed by atoms with Crippen LogP contribution in [0.2, 0.25) is 5.02 Å². The number of halogens is 1. The quantitative estimate of drug-likeness (QED) is 0.660. The van der Waals surface area contributed by atoms with Crippen LogP contribution in [0.1, 0.15) is 12.0 Å². The maximum absolute atomic E-state index is 12.4. The van der Waals surface area contributed by atoms with E-state index in [1.807, 2.05) is 48.0 Å². The summed E-state index contributed by atoms with van der Waals surface area (Å²) in [6, 6.07) is 15.7. The number of aromatic nitrogens is 3. The smallest absolute Gasteiger partial charge is 0.235 e. The van der Waals surface area contributed by atoms with E-state index in [4.69, 9.17) is 11.6 Å². The monoisotopic (exact) mass is 398 g/mol. The summed E-state index contributed by atoms with van der Waals surface area (Å²) in [4.78, 5) is 14.1. The van der Waals surface area contributed by atoms with E-state index < -0.39 is 0 Å². The fourth-order valence-corrected chi connectivity index (χ4v) is 4.43. The SMILES string of the molecule is Cc1cccc(-n2c(SC3CCN(C)C3=O)nnc2-c2ccc(Cl)cc2)c1. The van der Waals surface area contributed by atoms with Crippen molar-refractivity contribution in [2.45, 2.75) is 23.8 Å². The number of carbonyl (C=O) groups is 1. The van der Waals surface area contributed by atoms with Gasteiger partial charge in [0.05, 0.1) is 5.25 Å². The number of rotatable bonds is 4. The van der Waals surface area contributed by atoms with Crippen molar-refractivity contribution in [2.24, 2.45) is 0 Å². The number of amides is 1. The van der Waals surface area contributed by atoms with Gasteiger partial charge in [-0.15, -0.1) is 10.2 Å². The molecule has 2 heterocycles. The molecule has 1 amide bonds. The van der Waals surface area contributed by atoms with E-state index in [1.165, 1.54) is 11.8 Å². The topological polar surface area (TPSA) is 51.0 Å². The Hall–Kier alpha value is -2.31. The van der Waals surface area contributed by atoms with Crippen LogP contribution in [0.5, 0.6) is 0 Å². The number of benzene rings is 2. The molecule has 2 aromatic carbocycles. The predicted molar refractivity (Wildman–Crippen MR) is 108 cm³/mol. The molecule has 3 aromatic rings. The average Bonchev–Trinajstić information content (AvgIpc) is 3.21. The highest BCUT2D eigenvalue weighted by Crippen LogP contribution is 2.34. The third-order valence-corrected chi connectivity index (χ3v) is 6.07. The van der Waals surface area contributed by atoms with Gasteiger partial charge in [0.1, 0.15) is 0 Å². The first-order chi connectivity index (χ1) is 13.0. The van der Waals surface area contributed by atoms with Crippen LogP contribution in [0.25, 0.3) is 17.1 Å². The minimum atomic E-state index is -0.124. The summed E-state index contributed by atoms with van der Waals surface area (Å²) in [5.74, 6) is 0.880. The molecule has 1 atom stereocenters. The highest BCUT2D eigenvalue weighted by Gasteiger charge is 2.32. The van der Waals surface area contributed by atoms with Crippen molar-refractivity contribution in [3.63, 3.8) is 0 Å². The van der Waals surface area contributed by atoms with Crippen molar-refractivity contribution < 1.29 is 4.79 Å². The van der Waals surface area contributed by atoms with Gasteiger partial charge in [0.15, 0.2) is 11.0 Å². The van der Waals surface area contributed by atoms with Crippen molar-refractivity contribution in [3.05, 3.63) is 59.1 Å². The van der Waals surface area contributed by atoms with Gasteiger partial charge in [-0.25, -0.2) is 0 Å². The Bertz CT molecular complexity index is 986. The van der Waals surface area contributed by atoms with E-state index in [2.05, 4.69) is 29.3 Å².